The summed E-state index contributed by atoms with van der Waals surface area (Å²) in [7, 11) is 0. The summed E-state index contributed by atoms with van der Waals surface area (Å²) in [6.07, 6.45) is 0.852. The summed E-state index contributed by atoms with van der Waals surface area (Å²) < 4.78 is 21.1. The molecule has 0 amide bonds. The van der Waals surface area contributed by atoms with Gasteiger partial charge >= 0.3 is 29.6 Å². The van der Waals surface area contributed by atoms with Crippen LogP contribution in [0.1, 0.15) is 22.3 Å². The molecule has 0 bridgehead atoms. The smallest absolute Gasteiger partial charge is 0.772 e. The van der Waals surface area contributed by atoms with E-state index in [1.165, 1.54) is 0 Å². The SMILES string of the molecule is N#CCc1ccccc1C#Cc1ccc(CCS(=O)[O-])cc1.[Na+]. The van der Waals surface area contributed by atoms with Crippen molar-refractivity contribution in [1.82, 2.24) is 0 Å². The number of rotatable bonds is 4. The van der Waals surface area contributed by atoms with Crippen LogP contribution in [0, 0.1) is 23.2 Å². The molecule has 0 aromatic heterocycles. The van der Waals surface area contributed by atoms with Crippen LogP contribution in [0.2, 0.25) is 0 Å². The molecule has 1 unspecified atom stereocenters. The number of nitrogens with zero attached hydrogens (tertiary/aromatic N) is 1. The van der Waals surface area contributed by atoms with E-state index < -0.39 is 11.1 Å². The van der Waals surface area contributed by atoms with E-state index >= 15 is 0 Å². The van der Waals surface area contributed by atoms with Gasteiger partial charge in [0, 0.05) is 16.9 Å². The maximum absolute atomic E-state index is 10.5. The number of aryl methyl sites for hydroxylation is 1. The Hall–Kier alpha value is -1.40. The number of hydrogen-bond donors (Lipinski definition) is 0. The van der Waals surface area contributed by atoms with E-state index in [4.69, 9.17) is 5.26 Å². The molecule has 0 saturated carbocycles. The summed E-state index contributed by atoms with van der Waals surface area (Å²) in [6, 6.07) is 17.3. The number of nitriles is 1. The second-order valence-electron chi connectivity index (χ2n) is 4.70. The van der Waals surface area contributed by atoms with Crippen molar-refractivity contribution in [1.29, 1.82) is 5.26 Å². The maximum atomic E-state index is 10.5. The van der Waals surface area contributed by atoms with Gasteiger partial charge in [-0.1, -0.05) is 53.3 Å². The van der Waals surface area contributed by atoms with Gasteiger partial charge in [0.15, 0.2) is 0 Å². The largest absolute Gasteiger partial charge is 1.00 e. The van der Waals surface area contributed by atoms with Crippen molar-refractivity contribution in [3.05, 3.63) is 70.8 Å². The zero-order chi connectivity index (χ0) is 15.8. The van der Waals surface area contributed by atoms with Crippen LogP contribution in [-0.4, -0.2) is 14.5 Å². The molecule has 0 heterocycles. The standard InChI is InChI=1S/C18H15NO2S.Na/c19-13-11-18-4-2-1-3-17(18)10-9-15-5-7-16(8-6-15)12-14-22(20)21;/h1-8H,11-12,14H2,(H,20,21);/q;+1/p-1. The van der Waals surface area contributed by atoms with Crippen LogP contribution in [0.15, 0.2) is 48.5 Å². The third-order valence-electron chi connectivity index (χ3n) is 3.14. The third-order valence-corrected chi connectivity index (χ3v) is 3.68. The molecule has 2 rings (SSSR count). The topological polar surface area (TPSA) is 63.9 Å². The van der Waals surface area contributed by atoms with Crippen molar-refractivity contribution < 1.29 is 38.3 Å². The van der Waals surface area contributed by atoms with Gasteiger partial charge in [-0.05, 0) is 35.7 Å². The Morgan fingerprint density at radius 2 is 1.74 bits per heavy atom. The molecule has 2 aromatic rings. The molecule has 0 spiro atoms. The summed E-state index contributed by atoms with van der Waals surface area (Å²) in [5.74, 6) is 6.29. The first-order valence-electron chi connectivity index (χ1n) is 6.80. The van der Waals surface area contributed by atoms with Crippen molar-refractivity contribution in [2.75, 3.05) is 5.75 Å². The molecule has 0 aliphatic heterocycles. The molecule has 0 radical (unpaired) electrons. The van der Waals surface area contributed by atoms with Crippen LogP contribution < -0.4 is 29.6 Å². The van der Waals surface area contributed by atoms with Crippen LogP contribution in [-0.2, 0) is 23.9 Å². The fourth-order valence-corrected chi connectivity index (χ4v) is 2.38. The third kappa shape index (κ3) is 6.71. The summed E-state index contributed by atoms with van der Waals surface area (Å²) in [5.41, 5.74) is 3.61. The van der Waals surface area contributed by atoms with Crippen LogP contribution in [0.3, 0.4) is 0 Å². The zero-order valence-electron chi connectivity index (χ0n) is 12.9. The Morgan fingerprint density at radius 1 is 1.04 bits per heavy atom. The summed E-state index contributed by atoms with van der Waals surface area (Å²) in [6.45, 7) is 0. The van der Waals surface area contributed by atoms with Gasteiger partial charge < -0.3 is 4.55 Å². The molecule has 3 nitrogen and oxygen atoms in total. The first-order valence-corrected chi connectivity index (χ1v) is 8.05. The Bertz CT molecular complexity index is 770. The van der Waals surface area contributed by atoms with Gasteiger partial charge in [-0.2, -0.15) is 5.26 Å². The molecular weight excluding hydrogens is 317 g/mol. The fraction of sp³-hybridized carbons (Fsp3) is 0.167. The molecule has 0 aliphatic carbocycles. The molecule has 110 valence electrons. The van der Waals surface area contributed by atoms with E-state index in [0.29, 0.717) is 12.8 Å². The van der Waals surface area contributed by atoms with Gasteiger partial charge in [0.2, 0.25) is 0 Å². The van der Waals surface area contributed by atoms with Crippen molar-refractivity contribution >= 4 is 11.1 Å². The second kappa shape index (κ2) is 10.4. The average Bonchev–Trinajstić information content (AvgIpc) is 2.53. The Morgan fingerprint density at radius 3 is 2.39 bits per heavy atom. The first-order chi connectivity index (χ1) is 10.7. The van der Waals surface area contributed by atoms with Gasteiger partial charge in [-0.15, -0.1) is 0 Å². The Labute approximate surface area is 161 Å². The second-order valence-corrected chi connectivity index (χ2v) is 5.71. The summed E-state index contributed by atoms with van der Waals surface area (Å²) in [5, 5.41) is 8.81. The Balaban J connectivity index is 0.00000264. The van der Waals surface area contributed by atoms with Crippen LogP contribution in [0.4, 0.5) is 0 Å². The normalized spacial score (nSPS) is 10.6. The van der Waals surface area contributed by atoms with Crippen LogP contribution in [0.25, 0.3) is 0 Å². The molecule has 0 N–H and O–H groups in total. The summed E-state index contributed by atoms with van der Waals surface area (Å²) >= 11 is -2.01. The predicted octanol–water partition coefficient (Wildman–Crippen LogP) is -0.422. The average molecular weight is 331 g/mol. The van der Waals surface area contributed by atoms with E-state index in [9.17, 15) is 8.76 Å². The molecular formula is C18H14NNaO2S. The molecule has 0 fully saturated rings. The van der Waals surface area contributed by atoms with Crippen molar-refractivity contribution in [2.45, 2.75) is 12.8 Å². The van der Waals surface area contributed by atoms with E-state index in [-0.39, 0.29) is 35.3 Å². The van der Waals surface area contributed by atoms with Crippen LogP contribution >= 0.6 is 0 Å². The molecule has 23 heavy (non-hydrogen) atoms. The van der Waals surface area contributed by atoms with Crippen LogP contribution in [0.5, 0.6) is 0 Å². The van der Waals surface area contributed by atoms with E-state index in [2.05, 4.69) is 17.9 Å². The van der Waals surface area contributed by atoms with E-state index in [1.807, 2.05) is 48.5 Å². The Kier molecular flexibility index (Phi) is 8.87. The predicted molar refractivity (Wildman–Crippen MR) is 85.7 cm³/mol. The quantitative estimate of drug-likeness (QED) is 0.434. The molecule has 2 aromatic carbocycles. The van der Waals surface area contributed by atoms with Crippen molar-refractivity contribution in [3.8, 4) is 17.9 Å². The molecule has 1 atom stereocenters. The van der Waals surface area contributed by atoms with Gasteiger partial charge in [0.1, 0.15) is 0 Å². The maximum Gasteiger partial charge on any atom is 1.00 e. The minimum absolute atomic E-state index is 0. The van der Waals surface area contributed by atoms with E-state index in [1.54, 1.807) is 0 Å². The monoisotopic (exact) mass is 331 g/mol. The van der Waals surface area contributed by atoms with Crippen molar-refractivity contribution in [3.63, 3.8) is 0 Å². The first kappa shape index (κ1) is 19.6. The van der Waals surface area contributed by atoms with Gasteiger partial charge in [-0.25, -0.2) is 0 Å². The zero-order valence-corrected chi connectivity index (χ0v) is 15.7. The fourth-order valence-electron chi connectivity index (χ4n) is 1.98. The molecule has 0 aliphatic rings. The minimum Gasteiger partial charge on any atom is -0.772 e. The van der Waals surface area contributed by atoms with E-state index in [0.717, 1.165) is 22.3 Å². The van der Waals surface area contributed by atoms with Gasteiger partial charge in [0.05, 0.1) is 12.5 Å². The van der Waals surface area contributed by atoms with Crippen molar-refractivity contribution in [2.24, 2.45) is 0 Å². The molecule has 5 heteroatoms. The number of hydrogen-bond acceptors (Lipinski definition) is 3. The van der Waals surface area contributed by atoms with Gasteiger partial charge in [0.25, 0.3) is 0 Å². The minimum atomic E-state index is -2.01. The number of benzene rings is 2. The molecule has 0 saturated heterocycles. The summed E-state index contributed by atoms with van der Waals surface area (Å²) in [4.78, 5) is 0. The van der Waals surface area contributed by atoms with Gasteiger partial charge in [-0.3, -0.25) is 4.21 Å².